The fraction of sp³-hybridized carbons (Fsp3) is 0.588. The maximum atomic E-state index is 12.0. The van der Waals surface area contributed by atoms with E-state index in [2.05, 4.69) is 17.4 Å². The number of halogens is 2. The monoisotopic (exact) mass is 344 g/mol. The van der Waals surface area contributed by atoms with Gasteiger partial charge < -0.3 is 11.1 Å². The molecule has 3 nitrogen and oxygen atoms in total. The molecule has 124 valence electrons. The molecule has 2 rings (SSSR count). The normalized spacial score (nSPS) is 18.1. The van der Waals surface area contributed by atoms with Crippen LogP contribution in [0.2, 0.25) is 5.02 Å². The average Bonchev–Trinajstić information content (AvgIpc) is 2.53. The lowest BCUT2D eigenvalue weighted by Gasteiger charge is -2.38. The number of amides is 1. The fourth-order valence-corrected chi connectivity index (χ4v) is 3.26. The molecule has 1 fully saturated rings. The van der Waals surface area contributed by atoms with Crippen LogP contribution >= 0.6 is 24.0 Å². The van der Waals surface area contributed by atoms with E-state index < -0.39 is 0 Å². The smallest absolute Gasteiger partial charge is 0.224 e. The third kappa shape index (κ3) is 4.61. The first kappa shape index (κ1) is 19.3. The molecule has 22 heavy (non-hydrogen) atoms. The Hall–Kier alpha value is -0.770. The number of benzene rings is 1. The van der Waals surface area contributed by atoms with E-state index in [1.54, 1.807) is 0 Å². The second kappa shape index (κ2) is 8.76. The Morgan fingerprint density at radius 1 is 1.27 bits per heavy atom. The SMILES string of the molecule is CC(CN)C(=O)NCC1(c2ccc(Cl)cc2)CCCCC1.Cl. The molecule has 0 aromatic heterocycles. The molecule has 0 saturated heterocycles. The molecule has 0 bridgehead atoms. The van der Waals surface area contributed by atoms with Crippen LogP contribution in [0, 0.1) is 5.92 Å². The summed E-state index contributed by atoms with van der Waals surface area (Å²) in [6, 6.07) is 8.09. The second-order valence-electron chi connectivity index (χ2n) is 6.20. The fourth-order valence-electron chi connectivity index (χ4n) is 3.14. The van der Waals surface area contributed by atoms with Crippen molar-refractivity contribution >= 4 is 29.9 Å². The zero-order chi connectivity index (χ0) is 15.3. The van der Waals surface area contributed by atoms with Gasteiger partial charge in [-0.15, -0.1) is 12.4 Å². The zero-order valence-corrected chi connectivity index (χ0v) is 14.7. The van der Waals surface area contributed by atoms with Crippen molar-refractivity contribution in [2.45, 2.75) is 44.4 Å². The van der Waals surface area contributed by atoms with Crippen molar-refractivity contribution in [3.63, 3.8) is 0 Å². The molecule has 1 atom stereocenters. The predicted molar refractivity (Wildman–Crippen MR) is 94.7 cm³/mol. The van der Waals surface area contributed by atoms with Crippen LogP contribution in [0.3, 0.4) is 0 Å². The Bertz CT molecular complexity index is 470. The van der Waals surface area contributed by atoms with E-state index in [0.717, 1.165) is 17.9 Å². The van der Waals surface area contributed by atoms with Crippen LogP contribution < -0.4 is 11.1 Å². The van der Waals surface area contributed by atoms with Gasteiger partial charge in [0, 0.05) is 29.4 Å². The maximum absolute atomic E-state index is 12.0. The molecular formula is C17H26Cl2N2O. The van der Waals surface area contributed by atoms with Crippen molar-refractivity contribution in [3.05, 3.63) is 34.9 Å². The third-order valence-corrected chi connectivity index (χ3v) is 4.92. The first-order valence-corrected chi connectivity index (χ1v) is 8.19. The molecule has 1 saturated carbocycles. The summed E-state index contributed by atoms with van der Waals surface area (Å²) in [4.78, 5) is 12.0. The Morgan fingerprint density at radius 3 is 2.41 bits per heavy atom. The van der Waals surface area contributed by atoms with Gasteiger partial charge in [0.1, 0.15) is 0 Å². The first-order chi connectivity index (χ1) is 10.1. The summed E-state index contributed by atoms with van der Waals surface area (Å²) in [6.07, 6.45) is 5.94. The number of hydrogen-bond acceptors (Lipinski definition) is 2. The van der Waals surface area contributed by atoms with Gasteiger partial charge in [-0.25, -0.2) is 0 Å². The molecule has 0 aliphatic heterocycles. The van der Waals surface area contributed by atoms with Gasteiger partial charge >= 0.3 is 0 Å². The predicted octanol–water partition coefficient (Wildman–Crippen LogP) is 3.67. The summed E-state index contributed by atoms with van der Waals surface area (Å²) in [5, 5.41) is 3.86. The van der Waals surface area contributed by atoms with Gasteiger partial charge in [-0.3, -0.25) is 4.79 Å². The maximum Gasteiger partial charge on any atom is 0.224 e. The summed E-state index contributed by atoms with van der Waals surface area (Å²) in [7, 11) is 0. The van der Waals surface area contributed by atoms with Crippen molar-refractivity contribution < 1.29 is 4.79 Å². The van der Waals surface area contributed by atoms with Gasteiger partial charge in [-0.1, -0.05) is 49.9 Å². The van der Waals surface area contributed by atoms with Crippen LogP contribution in [-0.4, -0.2) is 19.0 Å². The van der Waals surface area contributed by atoms with Gasteiger partial charge in [-0.2, -0.15) is 0 Å². The van der Waals surface area contributed by atoms with E-state index in [9.17, 15) is 4.79 Å². The third-order valence-electron chi connectivity index (χ3n) is 4.67. The minimum absolute atomic E-state index is 0. The molecule has 1 aromatic carbocycles. The van der Waals surface area contributed by atoms with Crippen molar-refractivity contribution in [3.8, 4) is 0 Å². The standard InChI is InChI=1S/C17H25ClN2O.ClH/c1-13(11-19)16(21)20-12-17(9-3-2-4-10-17)14-5-7-15(18)8-6-14;/h5-8,13H,2-4,9-12,19H2,1H3,(H,20,21);1H. The van der Waals surface area contributed by atoms with Gasteiger partial charge in [0.15, 0.2) is 0 Å². The largest absolute Gasteiger partial charge is 0.355 e. The zero-order valence-electron chi connectivity index (χ0n) is 13.1. The number of carbonyl (C=O) groups is 1. The number of nitrogens with two attached hydrogens (primary N) is 1. The van der Waals surface area contributed by atoms with Crippen LogP contribution in [0.5, 0.6) is 0 Å². The number of hydrogen-bond donors (Lipinski definition) is 2. The topological polar surface area (TPSA) is 55.1 Å². The molecule has 3 N–H and O–H groups in total. The number of nitrogens with one attached hydrogen (secondary N) is 1. The highest BCUT2D eigenvalue weighted by Gasteiger charge is 2.34. The van der Waals surface area contributed by atoms with E-state index in [1.165, 1.54) is 24.8 Å². The molecule has 1 aliphatic carbocycles. The Morgan fingerprint density at radius 2 is 1.86 bits per heavy atom. The van der Waals surface area contributed by atoms with E-state index in [0.29, 0.717) is 13.1 Å². The molecule has 0 radical (unpaired) electrons. The minimum atomic E-state index is -0.129. The van der Waals surface area contributed by atoms with Crippen LogP contribution in [-0.2, 0) is 10.2 Å². The van der Waals surface area contributed by atoms with Crippen LogP contribution in [0.15, 0.2) is 24.3 Å². The number of carbonyl (C=O) groups excluding carboxylic acids is 1. The van der Waals surface area contributed by atoms with E-state index in [4.69, 9.17) is 17.3 Å². The quantitative estimate of drug-likeness (QED) is 0.855. The van der Waals surface area contributed by atoms with E-state index in [-0.39, 0.29) is 29.6 Å². The molecule has 1 amide bonds. The van der Waals surface area contributed by atoms with Gasteiger partial charge in [0.25, 0.3) is 0 Å². The molecule has 0 heterocycles. The van der Waals surface area contributed by atoms with Crippen molar-refractivity contribution in [2.75, 3.05) is 13.1 Å². The lowest BCUT2D eigenvalue weighted by Crippen LogP contribution is -2.44. The molecule has 0 spiro atoms. The van der Waals surface area contributed by atoms with Gasteiger partial charge in [0.05, 0.1) is 0 Å². The summed E-state index contributed by atoms with van der Waals surface area (Å²) in [5.74, 6) is -0.0766. The Labute approximate surface area is 144 Å². The van der Waals surface area contributed by atoms with Gasteiger partial charge in [0.2, 0.25) is 5.91 Å². The lowest BCUT2D eigenvalue weighted by atomic mass is 9.69. The highest BCUT2D eigenvalue weighted by Crippen LogP contribution is 2.39. The minimum Gasteiger partial charge on any atom is -0.355 e. The average molecular weight is 345 g/mol. The van der Waals surface area contributed by atoms with Crippen LogP contribution in [0.4, 0.5) is 0 Å². The molecular weight excluding hydrogens is 319 g/mol. The van der Waals surface area contributed by atoms with E-state index >= 15 is 0 Å². The highest BCUT2D eigenvalue weighted by atomic mass is 35.5. The Balaban J connectivity index is 0.00000242. The first-order valence-electron chi connectivity index (χ1n) is 7.81. The molecule has 1 aliphatic rings. The van der Waals surface area contributed by atoms with Gasteiger partial charge in [-0.05, 0) is 30.5 Å². The molecule has 1 unspecified atom stereocenters. The number of rotatable bonds is 5. The highest BCUT2D eigenvalue weighted by molar-refractivity contribution is 6.30. The summed E-state index contributed by atoms with van der Waals surface area (Å²) in [6.45, 7) is 2.95. The van der Waals surface area contributed by atoms with Crippen molar-refractivity contribution in [2.24, 2.45) is 11.7 Å². The second-order valence-corrected chi connectivity index (χ2v) is 6.64. The lowest BCUT2D eigenvalue weighted by molar-refractivity contribution is -0.124. The van der Waals surface area contributed by atoms with Crippen molar-refractivity contribution in [1.29, 1.82) is 0 Å². The molecule has 5 heteroatoms. The summed E-state index contributed by atoms with van der Waals surface area (Å²) in [5.41, 5.74) is 6.90. The van der Waals surface area contributed by atoms with E-state index in [1.807, 2.05) is 19.1 Å². The Kier molecular flexibility index (Phi) is 7.67. The van der Waals surface area contributed by atoms with Crippen LogP contribution in [0.1, 0.15) is 44.6 Å². The molecule has 1 aromatic rings. The summed E-state index contributed by atoms with van der Waals surface area (Å²) >= 11 is 6.00. The van der Waals surface area contributed by atoms with Crippen molar-refractivity contribution in [1.82, 2.24) is 5.32 Å². The summed E-state index contributed by atoms with van der Waals surface area (Å²) < 4.78 is 0. The van der Waals surface area contributed by atoms with Crippen LogP contribution in [0.25, 0.3) is 0 Å².